The molecule has 0 heterocycles. The monoisotopic (exact) mass is 305 g/mol. The summed E-state index contributed by atoms with van der Waals surface area (Å²) < 4.78 is 47.2. The third-order valence-electron chi connectivity index (χ3n) is 2.12. The van der Waals surface area contributed by atoms with E-state index in [2.05, 4.69) is 0 Å². The van der Waals surface area contributed by atoms with Crippen LogP contribution in [0.1, 0.15) is 22.8 Å². The fourth-order valence-corrected chi connectivity index (χ4v) is 2.13. The van der Waals surface area contributed by atoms with E-state index in [1.807, 2.05) is 0 Å². The lowest BCUT2D eigenvalue weighted by atomic mass is 10.1. The first kappa shape index (κ1) is 16.2. The lowest BCUT2D eigenvalue weighted by molar-refractivity contribution is -0.0329. The SMILES string of the molecule is CCOC(=O)c1cc(C#N)cc(OC)c1SC(F)(F)F. The van der Waals surface area contributed by atoms with Gasteiger partial charge in [0.25, 0.3) is 0 Å². The summed E-state index contributed by atoms with van der Waals surface area (Å²) in [5, 5.41) is 8.83. The van der Waals surface area contributed by atoms with Crippen molar-refractivity contribution in [1.29, 1.82) is 5.26 Å². The number of hydrogen-bond donors (Lipinski definition) is 0. The fraction of sp³-hybridized carbons (Fsp3) is 0.333. The van der Waals surface area contributed by atoms with E-state index < -0.39 is 28.1 Å². The van der Waals surface area contributed by atoms with Crippen molar-refractivity contribution in [1.82, 2.24) is 0 Å². The fourth-order valence-electron chi connectivity index (χ4n) is 1.40. The smallest absolute Gasteiger partial charge is 0.446 e. The van der Waals surface area contributed by atoms with Gasteiger partial charge >= 0.3 is 11.5 Å². The van der Waals surface area contributed by atoms with Crippen LogP contribution in [0, 0.1) is 11.3 Å². The van der Waals surface area contributed by atoms with Gasteiger partial charge in [-0.05, 0) is 30.8 Å². The Morgan fingerprint density at radius 3 is 2.55 bits per heavy atom. The molecule has 0 N–H and O–H groups in total. The zero-order chi connectivity index (χ0) is 15.3. The minimum Gasteiger partial charge on any atom is -0.496 e. The van der Waals surface area contributed by atoms with Crippen molar-refractivity contribution in [3.05, 3.63) is 23.3 Å². The Morgan fingerprint density at radius 2 is 2.10 bits per heavy atom. The van der Waals surface area contributed by atoms with E-state index in [4.69, 9.17) is 14.7 Å². The molecule has 0 saturated carbocycles. The maximum absolute atomic E-state index is 12.6. The molecule has 0 aromatic heterocycles. The Bertz CT molecular complexity index is 552. The molecular weight excluding hydrogens is 295 g/mol. The quantitative estimate of drug-likeness (QED) is 0.630. The molecule has 0 amide bonds. The molecule has 0 unspecified atom stereocenters. The summed E-state index contributed by atoms with van der Waals surface area (Å²) in [5.74, 6) is -1.14. The number of thioether (sulfide) groups is 1. The summed E-state index contributed by atoms with van der Waals surface area (Å²) in [7, 11) is 1.16. The predicted octanol–water partition coefficient (Wildman–Crippen LogP) is 3.36. The third kappa shape index (κ3) is 4.06. The van der Waals surface area contributed by atoms with Crippen LogP contribution in [0.25, 0.3) is 0 Å². The maximum Gasteiger partial charge on any atom is 0.446 e. The maximum atomic E-state index is 12.6. The number of halogens is 3. The molecule has 20 heavy (non-hydrogen) atoms. The molecule has 1 rings (SSSR count). The highest BCUT2D eigenvalue weighted by molar-refractivity contribution is 8.00. The van der Waals surface area contributed by atoms with Crippen molar-refractivity contribution in [3.63, 3.8) is 0 Å². The number of benzene rings is 1. The van der Waals surface area contributed by atoms with Gasteiger partial charge in [0.05, 0.1) is 35.8 Å². The van der Waals surface area contributed by atoms with Gasteiger partial charge < -0.3 is 9.47 Å². The number of nitrogens with zero attached hydrogens (tertiary/aromatic N) is 1. The molecule has 0 aliphatic heterocycles. The Morgan fingerprint density at radius 1 is 1.45 bits per heavy atom. The number of methoxy groups -OCH3 is 1. The zero-order valence-electron chi connectivity index (χ0n) is 10.6. The standard InChI is InChI=1S/C12H10F3NO3S/c1-3-19-11(17)8-4-7(6-16)5-9(18-2)10(8)20-12(13,14)15/h4-5H,3H2,1-2H3. The second-order valence-corrected chi connectivity index (χ2v) is 4.51. The van der Waals surface area contributed by atoms with Gasteiger partial charge in [0.2, 0.25) is 0 Å². The van der Waals surface area contributed by atoms with Crippen LogP contribution in [-0.4, -0.2) is 25.2 Å². The molecular formula is C12H10F3NO3S. The molecule has 1 aromatic rings. The Labute approximate surface area is 117 Å². The van der Waals surface area contributed by atoms with Gasteiger partial charge in [-0.15, -0.1) is 0 Å². The summed E-state index contributed by atoms with van der Waals surface area (Å²) in [6.07, 6.45) is 0. The number of rotatable bonds is 4. The molecule has 4 nitrogen and oxygen atoms in total. The van der Waals surface area contributed by atoms with Crippen LogP contribution in [0.15, 0.2) is 17.0 Å². The van der Waals surface area contributed by atoms with E-state index in [0.717, 1.165) is 19.2 Å². The Hall–Kier alpha value is -1.88. The Balaban J connectivity index is 3.43. The number of ether oxygens (including phenoxy) is 2. The lowest BCUT2D eigenvalue weighted by Gasteiger charge is -2.14. The van der Waals surface area contributed by atoms with Crippen LogP contribution >= 0.6 is 11.8 Å². The Kier molecular flexibility index (Phi) is 5.27. The van der Waals surface area contributed by atoms with Crippen LogP contribution in [0.4, 0.5) is 13.2 Å². The first-order valence-corrected chi connectivity index (χ1v) is 6.19. The number of nitriles is 1. The average molecular weight is 305 g/mol. The minimum absolute atomic E-state index is 0.00799. The summed E-state index contributed by atoms with van der Waals surface area (Å²) in [6, 6.07) is 3.94. The van der Waals surface area contributed by atoms with E-state index >= 15 is 0 Å². The molecule has 1 aromatic carbocycles. The molecule has 0 fully saturated rings. The normalized spacial score (nSPS) is 10.8. The predicted molar refractivity (Wildman–Crippen MR) is 65.6 cm³/mol. The van der Waals surface area contributed by atoms with Crippen molar-refractivity contribution >= 4 is 17.7 Å². The topological polar surface area (TPSA) is 59.3 Å². The molecule has 0 bridgehead atoms. The summed E-state index contributed by atoms with van der Waals surface area (Å²) >= 11 is -0.483. The zero-order valence-corrected chi connectivity index (χ0v) is 11.4. The van der Waals surface area contributed by atoms with Crippen molar-refractivity contribution < 1.29 is 27.4 Å². The van der Waals surface area contributed by atoms with Crippen LogP contribution in [-0.2, 0) is 4.74 Å². The van der Waals surface area contributed by atoms with Gasteiger partial charge in [0.15, 0.2) is 0 Å². The molecule has 0 radical (unpaired) electrons. The number of carbonyl (C=O) groups is 1. The van der Waals surface area contributed by atoms with Crippen LogP contribution in [0.2, 0.25) is 0 Å². The third-order valence-corrected chi connectivity index (χ3v) is 2.97. The lowest BCUT2D eigenvalue weighted by Crippen LogP contribution is -2.10. The largest absolute Gasteiger partial charge is 0.496 e. The number of esters is 1. The van der Waals surface area contributed by atoms with Crippen molar-refractivity contribution in [2.75, 3.05) is 13.7 Å². The molecule has 8 heteroatoms. The van der Waals surface area contributed by atoms with Gasteiger partial charge in [0.1, 0.15) is 5.75 Å². The van der Waals surface area contributed by atoms with E-state index in [1.165, 1.54) is 6.92 Å². The molecule has 0 saturated heterocycles. The van der Waals surface area contributed by atoms with E-state index in [9.17, 15) is 18.0 Å². The highest BCUT2D eigenvalue weighted by Crippen LogP contribution is 2.44. The summed E-state index contributed by atoms with van der Waals surface area (Å²) in [6.45, 7) is 1.54. The van der Waals surface area contributed by atoms with Gasteiger partial charge in [-0.2, -0.15) is 18.4 Å². The van der Waals surface area contributed by atoms with E-state index in [0.29, 0.717) is 0 Å². The molecule has 0 atom stereocenters. The average Bonchev–Trinajstić information content (AvgIpc) is 2.37. The first-order chi connectivity index (χ1) is 9.32. The molecule has 0 spiro atoms. The second-order valence-electron chi connectivity index (χ2n) is 3.44. The molecule has 0 aliphatic rings. The summed E-state index contributed by atoms with van der Waals surface area (Å²) in [5.41, 5.74) is -4.93. The van der Waals surface area contributed by atoms with Crippen molar-refractivity contribution in [2.24, 2.45) is 0 Å². The molecule has 0 aliphatic carbocycles. The second kappa shape index (κ2) is 6.52. The van der Waals surface area contributed by atoms with Gasteiger partial charge in [0, 0.05) is 0 Å². The van der Waals surface area contributed by atoms with Gasteiger partial charge in [-0.25, -0.2) is 4.79 Å². The van der Waals surface area contributed by atoms with E-state index in [-0.39, 0.29) is 23.5 Å². The number of carbonyl (C=O) groups excluding carboxylic acids is 1. The van der Waals surface area contributed by atoms with Crippen molar-refractivity contribution in [3.8, 4) is 11.8 Å². The van der Waals surface area contributed by atoms with Gasteiger partial charge in [-0.1, -0.05) is 0 Å². The number of alkyl halides is 3. The van der Waals surface area contributed by atoms with Crippen LogP contribution < -0.4 is 4.74 Å². The van der Waals surface area contributed by atoms with Crippen molar-refractivity contribution in [2.45, 2.75) is 17.3 Å². The number of hydrogen-bond acceptors (Lipinski definition) is 5. The highest BCUT2D eigenvalue weighted by atomic mass is 32.2. The van der Waals surface area contributed by atoms with Crippen LogP contribution in [0.3, 0.4) is 0 Å². The van der Waals surface area contributed by atoms with E-state index in [1.54, 1.807) is 6.07 Å². The molecule has 108 valence electrons. The highest BCUT2D eigenvalue weighted by Gasteiger charge is 2.34. The van der Waals surface area contributed by atoms with Crippen LogP contribution in [0.5, 0.6) is 5.75 Å². The summed E-state index contributed by atoms with van der Waals surface area (Å²) in [4.78, 5) is 11.3. The first-order valence-electron chi connectivity index (χ1n) is 5.37. The minimum atomic E-state index is -4.59. The van der Waals surface area contributed by atoms with Gasteiger partial charge in [-0.3, -0.25) is 0 Å².